The van der Waals surface area contributed by atoms with Crippen LogP contribution in [0, 0.1) is 0 Å². The molecular formula is C7H19N3. The zero-order chi connectivity index (χ0) is 7.82. The van der Waals surface area contributed by atoms with Crippen LogP contribution >= 0.6 is 0 Å². The van der Waals surface area contributed by atoms with Gasteiger partial charge < -0.3 is 16.4 Å². The van der Waals surface area contributed by atoms with Crippen LogP contribution in [0.25, 0.3) is 0 Å². The second-order valence-corrected chi connectivity index (χ2v) is 2.32. The molecule has 0 aliphatic heterocycles. The summed E-state index contributed by atoms with van der Waals surface area (Å²) in [6, 6.07) is 0. The van der Waals surface area contributed by atoms with Crippen LogP contribution in [0.4, 0.5) is 0 Å². The maximum Gasteiger partial charge on any atom is 0.0544 e. The molecule has 0 heterocycles. The Morgan fingerprint density at radius 1 is 1.30 bits per heavy atom. The van der Waals surface area contributed by atoms with Gasteiger partial charge in [-0.25, -0.2) is 0 Å². The first-order valence-electron chi connectivity index (χ1n) is 4.01. The second-order valence-electron chi connectivity index (χ2n) is 2.32. The first-order chi connectivity index (χ1) is 4.81. The lowest BCUT2D eigenvalue weighted by molar-refractivity contribution is 0.503. The molecule has 0 spiro atoms. The monoisotopic (exact) mass is 145 g/mol. The molecule has 10 heavy (non-hydrogen) atoms. The molecule has 0 saturated carbocycles. The summed E-state index contributed by atoms with van der Waals surface area (Å²) in [6.07, 6.45) is 1.16. The highest BCUT2D eigenvalue weighted by atomic mass is 15.0. The minimum absolute atomic E-state index is 0.165. The molecule has 0 radical (unpaired) electrons. The molecule has 1 unspecified atom stereocenters. The van der Waals surface area contributed by atoms with E-state index in [1.807, 2.05) is 0 Å². The van der Waals surface area contributed by atoms with E-state index in [1.165, 1.54) is 0 Å². The quantitative estimate of drug-likeness (QED) is 0.361. The Balaban J connectivity index is 2.89. The molecular weight excluding hydrogens is 126 g/mol. The van der Waals surface area contributed by atoms with Gasteiger partial charge in [-0.1, -0.05) is 13.8 Å². The molecule has 0 aromatic rings. The first-order valence-corrected chi connectivity index (χ1v) is 4.01. The van der Waals surface area contributed by atoms with Crippen molar-refractivity contribution in [2.24, 2.45) is 5.73 Å². The van der Waals surface area contributed by atoms with Crippen LogP contribution in [0.2, 0.25) is 0 Å². The molecule has 3 nitrogen and oxygen atoms in total. The van der Waals surface area contributed by atoms with Crippen molar-refractivity contribution >= 4 is 0 Å². The second kappa shape index (κ2) is 6.99. The van der Waals surface area contributed by atoms with Crippen LogP contribution in [0.15, 0.2) is 0 Å². The summed E-state index contributed by atoms with van der Waals surface area (Å²) in [5, 5.41) is 6.39. The van der Waals surface area contributed by atoms with Crippen LogP contribution in [0.5, 0.6) is 0 Å². The predicted molar refractivity (Wildman–Crippen MR) is 44.8 cm³/mol. The summed E-state index contributed by atoms with van der Waals surface area (Å²) < 4.78 is 0. The van der Waals surface area contributed by atoms with Crippen molar-refractivity contribution in [2.75, 3.05) is 19.6 Å². The van der Waals surface area contributed by atoms with E-state index in [1.54, 1.807) is 0 Å². The van der Waals surface area contributed by atoms with Crippen LogP contribution in [0.1, 0.15) is 20.3 Å². The van der Waals surface area contributed by atoms with E-state index < -0.39 is 0 Å². The summed E-state index contributed by atoms with van der Waals surface area (Å²) in [5.74, 6) is 0. The van der Waals surface area contributed by atoms with Gasteiger partial charge in [-0.15, -0.1) is 0 Å². The molecule has 0 aliphatic rings. The highest BCUT2D eigenvalue weighted by Gasteiger charge is 1.93. The lowest BCUT2D eigenvalue weighted by Crippen LogP contribution is -2.40. The van der Waals surface area contributed by atoms with Gasteiger partial charge in [0.1, 0.15) is 0 Å². The lowest BCUT2D eigenvalue weighted by atomic mass is 10.4. The maximum absolute atomic E-state index is 5.62. The Bertz CT molecular complexity index is 65.9. The number of likely N-dealkylation sites (N-methyl/N-ethyl adjacent to an activating group) is 1. The fraction of sp³-hybridized carbons (Fsp3) is 1.00. The zero-order valence-corrected chi connectivity index (χ0v) is 6.98. The maximum atomic E-state index is 5.62. The van der Waals surface area contributed by atoms with Gasteiger partial charge in [0.2, 0.25) is 0 Å². The molecule has 62 valence electrons. The minimum atomic E-state index is 0.165. The van der Waals surface area contributed by atoms with Crippen molar-refractivity contribution in [3.63, 3.8) is 0 Å². The fourth-order valence-corrected chi connectivity index (χ4v) is 0.667. The SMILES string of the molecule is CCNCCNC(N)CC. The smallest absolute Gasteiger partial charge is 0.0544 e. The van der Waals surface area contributed by atoms with Gasteiger partial charge in [-0.3, -0.25) is 0 Å². The average Bonchev–Trinajstić information content (AvgIpc) is 1.98. The first kappa shape index (κ1) is 9.88. The van der Waals surface area contributed by atoms with Crippen molar-refractivity contribution in [1.82, 2.24) is 10.6 Å². The van der Waals surface area contributed by atoms with E-state index in [-0.39, 0.29) is 6.17 Å². The van der Waals surface area contributed by atoms with Crippen molar-refractivity contribution < 1.29 is 0 Å². The summed E-state index contributed by atoms with van der Waals surface area (Å²) in [5.41, 5.74) is 5.62. The van der Waals surface area contributed by atoms with E-state index in [9.17, 15) is 0 Å². The standard InChI is InChI=1S/C7H19N3/c1-3-7(8)10-6-5-9-4-2/h7,9-10H,3-6,8H2,1-2H3. The third-order valence-electron chi connectivity index (χ3n) is 1.40. The van der Waals surface area contributed by atoms with Crippen LogP contribution in [0.3, 0.4) is 0 Å². The molecule has 3 heteroatoms. The van der Waals surface area contributed by atoms with Gasteiger partial charge in [-0.05, 0) is 13.0 Å². The number of nitrogens with two attached hydrogens (primary N) is 1. The van der Waals surface area contributed by atoms with Crippen molar-refractivity contribution in [1.29, 1.82) is 0 Å². The lowest BCUT2D eigenvalue weighted by Gasteiger charge is -2.10. The molecule has 0 aromatic heterocycles. The Kier molecular flexibility index (Phi) is 6.91. The fourth-order valence-electron chi connectivity index (χ4n) is 0.667. The van der Waals surface area contributed by atoms with E-state index in [4.69, 9.17) is 5.73 Å². The largest absolute Gasteiger partial charge is 0.316 e. The van der Waals surface area contributed by atoms with Crippen molar-refractivity contribution in [2.45, 2.75) is 26.4 Å². The van der Waals surface area contributed by atoms with Gasteiger partial charge in [0.15, 0.2) is 0 Å². The van der Waals surface area contributed by atoms with E-state index in [2.05, 4.69) is 24.5 Å². The van der Waals surface area contributed by atoms with Gasteiger partial charge in [0, 0.05) is 13.1 Å². The van der Waals surface area contributed by atoms with Crippen molar-refractivity contribution in [3.05, 3.63) is 0 Å². The van der Waals surface area contributed by atoms with Crippen LogP contribution in [-0.2, 0) is 0 Å². The highest BCUT2D eigenvalue weighted by Crippen LogP contribution is 1.76. The summed E-state index contributed by atoms with van der Waals surface area (Å²) in [6.45, 7) is 7.17. The van der Waals surface area contributed by atoms with E-state index in [0.717, 1.165) is 26.1 Å². The molecule has 4 N–H and O–H groups in total. The van der Waals surface area contributed by atoms with E-state index in [0.29, 0.717) is 0 Å². The Morgan fingerprint density at radius 3 is 2.50 bits per heavy atom. The Morgan fingerprint density at radius 2 is 2.00 bits per heavy atom. The van der Waals surface area contributed by atoms with E-state index >= 15 is 0 Å². The molecule has 0 saturated heterocycles. The zero-order valence-electron chi connectivity index (χ0n) is 6.98. The van der Waals surface area contributed by atoms with Crippen LogP contribution < -0.4 is 16.4 Å². The van der Waals surface area contributed by atoms with Gasteiger partial charge >= 0.3 is 0 Å². The highest BCUT2D eigenvalue weighted by molar-refractivity contribution is 4.56. The topological polar surface area (TPSA) is 50.1 Å². The normalized spacial score (nSPS) is 13.5. The molecule has 0 fully saturated rings. The summed E-state index contributed by atoms with van der Waals surface area (Å²) in [7, 11) is 0. The van der Waals surface area contributed by atoms with Crippen LogP contribution in [-0.4, -0.2) is 25.8 Å². The molecule has 0 aliphatic carbocycles. The van der Waals surface area contributed by atoms with Gasteiger partial charge in [0.25, 0.3) is 0 Å². The average molecular weight is 145 g/mol. The molecule has 0 bridgehead atoms. The van der Waals surface area contributed by atoms with Gasteiger partial charge in [-0.2, -0.15) is 0 Å². The Hall–Kier alpha value is -0.120. The molecule has 1 atom stereocenters. The predicted octanol–water partition coefficient (Wildman–Crippen LogP) is -0.120. The third kappa shape index (κ3) is 6.01. The summed E-state index contributed by atoms with van der Waals surface area (Å²) in [4.78, 5) is 0. The molecule has 0 amide bonds. The summed E-state index contributed by atoms with van der Waals surface area (Å²) >= 11 is 0. The number of rotatable bonds is 6. The minimum Gasteiger partial charge on any atom is -0.316 e. The number of nitrogens with one attached hydrogen (secondary N) is 2. The molecule has 0 aromatic carbocycles. The van der Waals surface area contributed by atoms with Gasteiger partial charge in [0.05, 0.1) is 6.17 Å². The molecule has 0 rings (SSSR count). The number of hydrogen-bond donors (Lipinski definition) is 3. The third-order valence-corrected chi connectivity index (χ3v) is 1.40. The Labute approximate surface area is 63.4 Å². The van der Waals surface area contributed by atoms with Crippen molar-refractivity contribution in [3.8, 4) is 0 Å². The number of hydrogen-bond acceptors (Lipinski definition) is 3.